The van der Waals surface area contributed by atoms with E-state index in [0.29, 0.717) is 6.04 Å². The highest BCUT2D eigenvalue weighted by Gasteiger charge is 2.26. The summed E-state index contributed by atoms with van der Waals surface area (Å²) in [5.41, 5.74) is 2.97. The molecule has 2 saturated heterocycles. The van der Waals surface area contributed by atoms with Crippen LogP contribution in [0.4, 0.5) is 17.5 Å². The fourth-order valence-corrected chi connectivity index (χ4v) is 4.13. The standard InChI is InChI=1S/C22H28N6O/c1-17-5-6-18(15-23)20(14-17)28-9-3-4-19(16-28)26(2)21-7-8-24-22(25-21)27-10-12-29-13-11-27/h5-8,14,19H,3-4,9-13,16H2,1-2H3. The second-order valence-corrected chi connectivity index (χ2v) is 7.80. The molecule has 1 aromatic carbocycles. The number of aryl methyl sites for hydroxylation is 1. The number of morpholine rings is 1. The third-order valence-corrected chi connectivity index (χ3v) is 5.84. The van der Waals surface area contributed by atoms with Crippen molar-refractivity contribution in [1.82, 2.24) is 9.97 Å². The van der Waals surface area contributed by atoms with Gasteiger partial charge < -0.3 is 19.4 Å². The van der Waals surface area contributed by atoms with Crippen LogP contribution in [-0.4, -0.2) is 62.5 Å². The highest BCUT2D eigenvalue weighted by molar-refractivity contribution is 5.61. The highest BCUT2D eigenvalue weighted by Crippen LogP contribution is 2.28. The Bertz CT molecular complexity index is 889. The lowest BCUT2D eigenvalue weighted by Crippen LogP contribution is -2.47. The molecule has 2 aromatic rings. The number of hydrogen-bond acceptors (Lipinski definition) is 7. The van der Waals surface area contributed by atoms with Crippen LogP contribution in [0, 0.1) is 18.3 Å². The molecule has 0 saturated carbocycles. The van der Waals surface area contributed by atoms with Crippen molar-refractivity contribution in [3.63, 3.8) is 0 Å². The van der Waals surface area contributed by atoms with Gasteiger partial charge in [-0.15, -0.1) is 0 Å². The average Bonchev–Trinajstić information content (AvgIpc) is 2.79. The Balaban J connectivity index is 1.51. The number of nitrogens with zero attached hydrogens (tertiary/aromatic N) is 6. The number of anilines is 3. The van der Waals surface area contributed by atoms with E-state index < -0.39 is 0 Å². The second kappa shape index (κ2) is 8.66. The van der Waals surface area contributed by atoms with Gasteiger partial charge in [-0.1, -0.05) is 6.07 Å². The third-order valence-electron chi connectivity index (χ3n) is 5.84. The summed E-state index contributed by atoms with van der Waals surface area (Å²) in [6.45, 7) is 7.03. The van der Waals surface area contributed by atoms with Gasteiger partial charge in [-0.2, -0.15) is 10.2 Å². The van der Waals surface area contributed by atoms with Gasteiger partial charge in [0.15, 0.2) is 0 Å². The van der Waals surface area contributed by atoms with E-state index in [1.807, 2.05) is 24.4 Å². The Labute approximate surface area is 172 Å². The van der Waals surface area contributed by atoms with Crippen molar-refractivity contribution < 1.29 is 4.74 Å². The average molecular weight is 393 g/mol. The predicted octanol–water partition coefficient (Wildman–Crippen LogP) is 2.60. The van der Waals surface area contributed by atoms with Crippen molar-refractivity contribution in [3.8, 4) is 6.07 Å². The molecule has 0 bridgehead atoms. The minimum Gasteiger partial charge on any atom is -0.378 e. The SMILES string of the molecule is Cc1ccc(C#N)c(N2CCCC(N(C)c3ccnc(N4CCOCC4)n3)C2)c1. The van der Waals surface area contributed by atoms with Gasteiger partial charge in [0.2, 0.25) is 5.95 Å². The molecule has 2 aliphatic heterocycles. The first kappa shape index (κ1) is 19.5. The molecule has 0 amide bonds. The van der Waals surface area contributed by atoms with Crippen LogP contribution in [-0.2, 0) is 4.74 Å². The lowest BCUT2D eigenvalue weighted by molar-refractivity contribution is 0.122. The molecular formula is C22H28N6O. The number of ether oxygens (including phenoxy) is 1. The molecule has 0 radical (unpaired) electrons. The minimum absolute atomic E-state index is 0.336. The first-order valence-corrected chi connectivity index (χ1v) is 10.3. The Morgan fingerprint density at radius 2 is 2.00 bits per heavy atom. The smallest absolute Gasteiger partial charge is 0.227 e. The van der Waals surface area contributed by atoms with Gasteiger partial charge in [0.1, 0.15) is 11.9 Å². The lowest BCUT2D eigenvalue weighted by atomic mass is 10.0. The van der Waals surface area contributed by atoms with Crippen molar-refractivity contribution in [2.75, 3.05) is 61.1 Å². The van der Waals surface area contributed by atoms with Crippen molar-refractivity contribution >= 4 is 17.5 Å². The van der Waals surface area contributed by atoms with E-state index >= 15 is 0 Å². The Morgan fingerprint density at radius 1 is 1.17 bits per heavy atom. The van der Waals surface area contributed by atoms with Crippen LogP contribution in [0.15, 0.2) is 30.5 Å². The van der Waals surface area contributed by atoms with E-state index in [1.54, 1.807) is 0 Å². The van der Waals surface area contributed by atoms with E-state index in [2.05, 4.69) is 45.8 Å². The Hall–Kier alpha value is -2.85. The lowest BCUT2D eigenvalue weighted by Gasteiger charge is -2.40. The van der Waals surface area contributed by atoms with Gasteiger partial charge in [-0.05, 0) is 43.5 Å². The number of aromatic nitrogens is 2. The van der Waals surface area contributed by atoms with Gasteiger partial charge in [-0.25, -0.2) is 4.98 Å². The van der Waals surface area contributed by atoms with Crippen LogP contribution >= 0.6 is 0 Å². The van der Waals surface area contributed by atoms with Crippen LogP contribution in [0.25, 0.3) is 0 Å². The van der Waals surface area contributed by atoms with Crippen LogP contribution in [0.1, 0.15) is 24.0 Å². The van der Waals surface area contributed by atoms with E-state index in [1.165, 1.54) is 5.56 Å². The number of likely N-dealkylation sites (N-methyl/N-ethyl adjacent to an activating group) is 1. The maximum absolute atomic E-state index is 9.53. The Morgan fingerprint density at radius 3 is 2.79 bits per heavy atom. The quantitative estimate of drug-likeness (QED) is 0.792. The summed E-state index contributed by atoms with van der Waals surface area (Å²) in [5, 5.41) is 9.53. The number of benzene rings is 1. The number of hydrogen-bond donors (Lipinski definition) is 0. The first-order chi connectivity index (χ1) is 14.2. The molecule has 1 aromatic heterocycles. The van der Waals surface area contributed by atoms with Crippen LogP contribution in [0.3, 0.4) is 0 Å². The summed E-state index contributed by atoms with van der Waals surface area (Å²) in [6.07, 6.45) is 4.05. The van der Waals surface area contributed by atoms with Gasteiger partial charge >= 0.3 is 0 Å². The van der Waals surface area contributed by atoms with Crippen molar-refractivity contribution in [2.45, 2.75) is 25.8 Å². The summed E-state index contributed by atoms with van der Waals surface area (Å²) in [6, 6.07) is 10.7. The summed E-state index contributed by atoms with van der Waals surface area (Å²) in [7, 11) is 2.11. The van der Waals surface area contributed by atoms with E-state index in [9.17, 15) is 5.26 Å². The molecule has 1 unspecified atom stereocenters. The van der Waals surface area contributed by atoms with Crippen LogP contribution in [0.2, 0.25) is 0 Å². The molecule has 4 rings (SSSR count). The highest BCUT2D eigenvalue weighted by atomic mass is 16.5. The zero-order valence-electron chi connectivity index (χ0n) is 17.2. The second-order valence-electron chi connectivity index (χ2n) is 7.80. The van der Waals surface area contributed by atoms with Crippen molar-refractivity contribution in [3.05, 3.63) is 41.6 Å². The molecule has 1 atom stereocenters. The molecule has 0 aliphatic carbocycles. The number of rotatable bonds is 4. The molecule has 29 heavy (non-hydrogen) atoms. The Kier molecular flexibility index (Phi) is 5.81. The molecule has 0 spiro atoms. The van der Waals surface area contributed by atoms with E-state index in [4.69, 9.17) is 9.72 Å². The summed E-state index contributed by atoms with van der Waals surface area (Å²) in [4.78, 5) is 16.1. The van der Waals surface area contributed by atoms with E-state index in [0.717, 1.165) is 75.3 Å². The fourth-order valence-electron chi connectivity index (χ4n) is 4.13. The maximum atomic E-state index is 9.53. The topological polar surface area (TPSA) is 68.5 Å². The zero-order valence-corrected chi connectivity index (χ0v) is 17.2. The van der Waals surface area contributed by atoms with E-state index in [-0.39, 0.29) is 0 Å². The van der Waals surface area contributed by atoms with Crippen molar-refractivity contribution in [2.24, 2.45) is 0 Å². The summed E-state index contributed by atoms with van der Waals surface area (Å²) >= 11 is 0. The third kappa shape index (κ3) is 4.28. The molecule has 152 valence electrons. The fraction of sp³-hybridized carbons (Fsp3) is 0.500. The number of nitriles is 1. The van der Waals surface area contributed by atoms with Gasteiger partial charge in [-0.3, -0.25) is 0 Å². The minimum atomic E-state index is 0.336. The largest absolute Gasteiger partial charge is 0.378 e. The molecule has 2 aliphatic rings. The van der Waals surface area contributed by atoms with Gasteiger partial charge in [0, 0.05) is 45.5 Å². The summed E-state index contributed by atoms with van der Waals surface area (Å²) in [5.74, 6) is 1.72. The van der Waals surface area contributed by atoms with Crippen LogP contribution in [0.5, 0.6) is 0 Å². The monoisotopic (exact) mass is 392 g/mol. The normalized spacial score (nSPS) is 19.7. The molecule has 7 heteroatoms. The predicted molar refractivity (Wildman–Crippen MR) is 115 cm³/mol. The van der Waals surface area contributed by atoms with Gasteiger partial charge in [0.25, 0.3) is 0 Å². The van der Waals surface area contributed by atoms with Crippen LogP contribution < -0.4 is 14.7 Å². The zero-order chi connectivity index (χ0) is 20.2. The summed E-state index contributed by atoms with van der Waals surface area (Å²) < 4.78 is 5.44. The number of piperidine rings is 1. The molecule has 7 nitrogen and oxygen atoms in total. The van der Waals surface area contributed by atoms with Gasteiger partial charge in [0.05, 0.1) is 24.5 Å². The first-order valence-electron chi connectivity index (χ1n) is 10.3. The maximum Gasteiger partial charge on any atom is 0.227 e. The molecule has 0 N–H and O–H groups in total. The molecule has 2 fully saturated rings. The molecular weight excluding hydrogens is 364 g/mol. The van der Waals surface area contributed by atoms with Crippen molar-refractivity contribution in [1.29, 1.82) is 5.26 Å². The molecule has 3 heterocycles.